The van der Waals surface area contributed by atoms with Crippen molar-refractivity contribution in [2.45, 2.75) is 44.9 Å². The predicted molar refractivity (Wildman–Crippen MR) is 115 cm³/mol. The number of hydrogen-bond donors (Lipinski definition) is 5. The fraction of sp³-hybridized carbons (Fsp3) is 0.455. The van der Waals surface area contributed by atoms with Gasteiger partial charge in [0.05, 0.1) is 11.6 Å². The lowest BCUT2D eigenvalue weighted by Gasteiger charge is -2.28. The SMILES string of the molecule is CCNC(C)(C)C(=O)N[C@H](Cc1ccc2ccccc2c1)C(=O)NCC(O)CN. The van der Waals surface area contributed by atoms with Crippen molar-refractivity contribution in [1.29, 1.82) is 0 Å². The first-order valence-corrected chi connectivity index (χ1v) is 9.96. The molecule has 0 aromatic heterocycles. The lowest BCUT2D eigenvalue weighted by atomic mass is 9.99. The van der Waals surface area contributed by atoms with E-state index in [1.54, 1.807) is 13.8 Å². The quantitative estimate of drug-likeness (QED) is 0.402. The Kier molecular flexibility index (Phi) is 8.13. The Labute approximate surface area is 172 Å². The molecule has 0 bridgehead atoms. The van der Waals surface area contributed by atoms with E-state index in [4.69, 9.17) is 5.73 Å². The number of nitrogens with two attached hydrogens (primary N) is 1. The van der Waals surface area contributed by atoms with Crippen LogP contribution in [0.3, 0.4) is 0 Å². The van der Waals surface area contributed by atoms with Crippen LogP contribution >= 0.6 is 0 Å². The van der Waals surface area contributed by atoms with Crippen molar-refractivity contribution in [2.24, 2.45) is 5.73 Å². The summed E-state index contributed by atoms with van der Waals surface area (Å²) in [5.41, 5.74) is 5.53. The highest BCUT2D eigenvalue weighted by molar-refractivity contribution is 5.92. The molecule has 0 heterocycles. The van der Waals surface area contributed by atoms with Gasteiger partial charge in [-0.2, -0.15) is 0 Å². The van der Waals surface area contributed by atoms with E-state index in [0.29, 0.717) is 13.0 Å². The second kappa shape index (κ2) is 10.3. The molecule has 0 fully saturated rings. The monoisotopic (exact) mass is 400 g/mol. The number of hydrogen-bond acceptors (Lipinski definition) is 5. The van der Waals surface area contributed by atoms with E-state index in [9.17, 15) is 14.7 Å². The number of amides is 2. The number of benzene rings is 2. The van der Waals surface area contributed by atoms with Crippen LogP contribution in [-0.2, 0) is 16.0 Å². The van der Waals surface area contributed by atoms with Crippen LogP contribution in [0.5, 0.6) is 0 Å². The Hall–Kier alpha value is -2.48. The highest BCUT2D eigenvalue weighted by Gasteiger charge is 2.30. The normalized spacial score (nSPS) is 13.7. The van der Waals surface area contributed by atoms with Gasteiger partial charge < -0.3 is 26.8 Å². The summed E-state index contributed by atoms with van der Waals surface area (Å²) in [6.45, 7) is 6.18. The lowest BCUT2D eigenvalue weighted by molar-refractivity contribution is -0.132. The number of fused-ring (bicyclic) bond motifs is 1. The third-order valence-electron chi connectivity index (χ3n) is 4.85. The predicted octanol–water partition coefficient (Wildman–Crippen LogP) is 0.691. The topological polar surface area (TPSA) is 116 Å². The minimum atomic E-state index is -0.825. The Bertz CT molecular complexity index is 838. The Balaban J connectivity index is 2.20. The minimum Gasteiger partial charge on any atom is -0.390 e. The summed E-state index contributed by atoms with van der Waals surface area (Å²) in [6.07, 6.45) is -0.488. The zero-order valence-electron chi connectivity index (χ0n) is 17.4. The number of carbonyl (C=O) groups is 2. The molecule has 158 valence electrons. The van der Waals surface area contributed by atoms with E-state index >= 15 is 0 Å². The minimum absolute atomic E-state index is 0.0377. The summed E-state index contributed by atoms with van der Waals surface area (Å²) in [5.74, 6) is -0.619. The van der Waals surface area contributed by atoms with Gasteiger partial charge >= 0.3 is 0 Å². The van der Waals surface area contributed by atoms with Crippen LogP contribution in [0.2, 0.25) is 0 Å². The molecule has 2 amide bonds. The first-order chi connectivity index (χ1) is 13.8. The van der Waals surface area contributed by atoms with Crippen LogP contribution < -0.4 is 21.7 Å². The van der Waals surface area contributed by atoms with Crippen molar-refractivity contribution >= 4 is 22.6 Å². The molecule has 29 heavy (non-hydrogen) atoms. The summed E-state index contributed by atoms with van der Waals surface area (Å²) in [6, 6.07) is 13.2. The molecule has 0 saturated heterocycles. The highest BCUT2D eigenvalue weighted by Crippen LogP contribution is 2.17. The molecule has 2 rings (SSSR count). The molecule has 0 aliphatic heterocycles. The van der Waals surface area contributed by atoms with Crippen LogP contribution in [0.25, 0.3) is 10.8 Å². The first kappa shape index (κ1) is 22.8. The van der Waals surface area contributed by atoms with E-state index in [1.807, 2.05) is 49.4 Å². The third kappa shape index (κ3) is 6.52. The van der Waals surface area contributed by atoms with Crippen molar-refractivity contribution in [3.63, 3.8) is 0 Å². The molecule has 0 saturated carbocycles. The third-order valence-corrected chi connectivity index (χ3v) is 4.85. The van der Waals surface area contributed by atoms with Crippen LogP contribution in [0.1, 0.15) is 26.3 Å². The largest absolute Gasteiger partial charge is 0.390 e. The number of carbonyl (C=O) groups excluding carboxylic acids is 2. The standard InChI is InChI=1S/C22H32N4O3/c1-4-25-22(2,3)21(29)26-19(20(28)24-14-18(27)13-23)12-15-9-10-16-7-5-6-8-17(16)11-15/h5-11,18-19,25,27H,4,12-14,23H2,1-3H3,(H,24,28)(H,26,29)/t18?,19-/m1/s1. The maximum absolute atomic E-state index is 12.8. The second-order valence-corrected chi connectivity index (χ2v) is 7.70. The van der Waals surface area contributed by atoms with Gasteiger partial charge in [0.15, 0.2) is 0 Å². The van der Waals surface area contributed by atoms with Crippen LogP contribution in [-0.4, -0.2) is 54.2 Å². The van der Waals surface area contributed by atoms with E-state index in [0.717, 1.165) is 16.3 Å². The number of likely N-dealkylation sites (N-methyl/N-ethyl adjacent to an activating group) is 1. The average molecular weight is 401 g/mol. The average Bonchev–Trinajstić information content (AvgIpc) is 2.70. The van der Waals surface area contributed by atoms with E-state index in [1.165, 1.54) is 0 Å². The second-order valence-electron chi connectivity index (χ2n) is 7.70. The molecule has 0 aliphatic carbocycles. The van der Waals surface area contributed by atoms with Crippen LogP contribution in [0.15, 0.2) is 42.5 Å². The Morgan fingerprint density at radius 3 is 2.48 bits per heavy atom. The van der Waals surface area contributed by atoms with E-state index in [2.05, 4.69) is 16.0 Å². The molecule has 1 unspecified atom stereocenters. The zero-order valence-corrected chi connectivity index (χ0v) is 17.4. The highest BCUT2D eigenvalue weighted by atomic mass is 16.3. The van der Waals surface area contributed by atoms with Crippen molar-refractivity contribution in [2.75, 3.05) is 19.6 Å². The number of rotatable bonds is 10. The molecule has 2 aromatic rings. The molecular formula is C22H32N4O3. The van der Waals surface area contributed by atoms with E-state index < -0.39 is 17.7 Å². The van der Waals surface area contributed by atoms with Gasteiger partial charge in [-0.05, 0) is 36.7 Å². The van der Waals surface area contributed by atoms with Gasteiger partial charge in [0.25, 0.3) is 0 Å². The molecule has 7 heteroatoms. The van der Waals surface area contributed by atoms with Crippen LogP contribution in [0.4, 0.5) is 0 Å². The molecule has 6 N–H and O–H groups in total. The van der Waals surface area contributed by atoms with Gasteiger partial charge in [-0.1, -0.05) is 49.4 Å². The number of aliphatic hydroxyl groups is 1. The van der Waals surface area contributed by atoms with Gasteiger partial charge in [0.2, 0.25) is 11.8 Å². The maximum atomic E-state index is 12.8. The van der Waals surface area contributed by atoms with Crippen molar-refractivity contribution in [3.05, 3.63) is 48.0 Å². The van der Waals surface area contributed by atoms with E-state index in [-0.39, 0.29) is 24.9 Å². The molecule has 0 radical (unpaired) electrons. The van der Waals surface area contributed by atoms with Crippen molar-refractivity contribution < 1.29 is 14.7 Å². The molecule has 7 nitrogen and oxygen atoms in total. The summed E-state index contributed by atoms with van der Waals surface area (Å²) < 4.78 is 0. The Morgan fingerprint density at radius 2 is 1.83 bits per heavy atom. The molecule has 0 aliphatic rings. The van der Waals surface area contributed by atoms with Gasteiger partial charge in [0, 0.05) is 19.5 Å². The number of nitrogens with one attached hydrogen (secondary N) is 3. The summed E-state index contributed by atoms with van der Waals surface area (Å²) in [5, 5.41) is 20.5. The zero-order chi connectivity index (χ0) is 21.4. The molecule has 2 atom stereocenters. The van der Waals surface area contributed by atoms with Gasteiger partial charge in [-0.15, -0.1) is 0 Å². The summed E-state index contributed by atoms with van der Waals surface area (Å²) >= 11 is 0. The number of aliphatic hydroxyl groups excluding tert-OH is 1. The maximum Gasteiger partial charge on any atom is 0.243 e. The van der Waals surface area contributed by atoms with Gasteiger partial charge in [-0.3, -0.25) is 9.59 Å². The van der Waals surface area contributed by atoms with Gasteiger partial charge in [0.1, 0.15) is 6.04 Å². The Morgan fingerprint density at radius 1 is 1.14 bits per heavy atom. The molecule has 2 aromatic carbocycles. The van der Waals surface area contributed by atoms with Crippen molar-refractivity contribution in [3.8, 4) is 0 Å². The molecule has 0 spiro atoms. The summed E-state index contributed by atoms with van der Waals surface area (Å²) in [4.78, 5) is 25.5. The smallest absolute Gasteiger partial charge is 0.243 e. The summed E-state index contributed by atoms with van der Waals surface area (Å²) in [7, 11) is 0. The fourth-order valence-electron chi connectivity index (χ4n) is 3.10. The lowest BCUT2D eigenvalue weighted by Crippen LogP contribution is -2.58. The van der Waals surface area contributed by atoms with Crippen molar-refractivity contribution in [1.82, 2.24) is 16.0 Å². The fourth-order valence-corrected chi connectivity index (χ4v) is 3.10. The molecular weight excluding hydrogens is 368 g/mol. The van der Waals surface area contributed by atoms with Crippen LogP contribution in [0, 0.1) is 0 Å². The first-order valence-electron chi connectivity index (χ1n) is 9.96. The van der Waals surface area contributed by atoms with Gasteiger partial charge in [-0.25, -0.2) is 0 Å².